The van der Waals surface area contributed by atoms with Gasteiger partial charge >= 0.3 is 0 Å². The first kappa shape index (κ1) is 7.35. The maximum absolute atomic E-state index is 11.4. The fourth-order valence-corrected chi connectivity index (χ4v) is 1.37. The van der Waals surface area contributed by atoms with Crippen molar-refractivity contribution in [3.05, 3.63) is 35.6 Å². The Balaban J connectivity index is 2.37. The van der Waals surface area contributed by atoms with Gasteiger partial charge in [-0.2, -0.15) is 0 Å². The molecule has 0 radical (unpaired) electrons. The van der Waals surface area contributed by atoms with Crippen molar-refractivity contribution < 1.29 is 9.53 Å². The lowest BCUT2D eigenvalue weighted by Gasteiger charge is -2.17. The molecule has 0 bridgehead atoms. The molecule has 12 heavy (non-hydrogen) atoms. The highest BCUT2D eigenvalue weighted by Gasteiger charge is 2.20. The molecule has 0 aromatic carbocycles. The van der Waals surface area contributed by atoms with E-state index in [9.17, 15) is 4.79 Å². The fourth-order valence-electron chi connectivity index (χ4n) is 1.37. The third-order valence-electron chi connectivity index (χ3n) is 1.99. The van der Waals surface area contributed by atoms with Crippen molar-refractivity contribution in [2.45, 2.75) is 12.8 Å². The summed E-state index contributed by atoms with van der Waals surface area (Å²) in [4.78, 5) is 11.4. The number of hydrogen-bond acceptors (Lipinski definition) is 2. The van der Waals surface area contributed by atoms with Gasteiger partial charge in [-0.25, -0.2) is 0 Å². The van der Waals surface area contributed by atoms with Gasteiger partial charge in [-0.3, -0.25) is 4.79 Å². The summed E-state index contributed by atoms with van der Waals surface area (Å²) in [5.74, 6) is 0.954. The van der Waals surface area contributed by atoms with Crippen LogP contribution in [0.15, 0.2) is 35.6 Å². The molecule has 0 saturated carbocycles. The van der Waals surface area contributed by atoms with Crippen molar-refractivity contribution in [2.75, 3.05) is 6.61 Å². The van der Waals surface area contributed by atoms with E-state index < -0.39 is 0 Å². The van der Waals surface area contributed by atoms with Crippen LogP contribution in [0, 0.1) is 0 Å². The number of Topliss-reactive ketones (excluding diaryl/α,β-unsaturated/α-hetero) is 1. The highest BCUT2D eigenvalue weighted by Crippen LogP contribution is 2.22. The summed E-state index contributed by atoms with van der Waals surface area (Å²) in [5.41, 5.74) is 0.731. The largest absolute Gasteiger partial charge is 0.493 e. The predicted octanol–water partition coefficient (Wildman–Crippen LogP) is 1.75. The molecule has 1 aliphatic carbocycles. The van der Waals surface area contributed by atoms with Gasteiger partial charge < -0.3 is 4.74 Å². The van der Waals surface area contributed by atoms with E-state index in [1.165, 1.54) is 0 Å². The minimum absolute atomic E-state index is 0.194. The zero-order chi connectivity index (χ0) is 8.39. The molecule has 0 N–H and O–H groups in total. The Morgan fingerprint density at radius 1 is 1.42 bits per heavy atom. The molecule has 62 valence electrons. The summed E-state index contributed by atoms with van der Waals surface area (Å²) in [5, 5.41) is 0. The number of rotatable bonds is 0. The number of ketones is 1. The van der Waals surface area contributed by atoms with Crippen molar-refractivity contribution >= 4 is 5.78 Å². The van der Waals surface area contributed by atoms with E-state index in [0.29, 0.717) is 13.0 Å². The first-order valence-corrected chi connectivity index (χ1v) is 4.11. The SMILES string of the molecule is O=C1CCOC2=CCC=CC=C12. The van der Waals surface area contributed by atoms with Gasteiger partial charge in [0.25, 0.3) is 0 Å². The predicted molar refractivity (Wildman–Crippen MR) is 45.5 cm³/mol. The van der Waals surface area contributed by atoms with Crippen molar-refractivity contribution in [1.29, 1.82) is 0 Å². The normalized spacial score (nSPS) is 21.8. The van der Waals surface area contributed by atoms with Crippen LogP contribution in [0.1, 0.15) is 12.8 Å². The van der Waals surface area contributed by atoms with Crippen molar-refractivity contribution in [3.63, 3.8) is 0 Å². The summed E-state index contributed by atoms with van der Waals surface area (Å²) in [7, 11) is 0. The van der Waals surface area contributed by atoms with Crippen molar-refractivity contribution in [3.8, 4) is 0 Å². The van der Waals surface area contributed by atoms with Crippen LogP contribution in [0.2, 0.25) is 0 Å². The minimum Gasteiger partial charge on any atom is -0.493 e. The Bertz CT molecular complexity index is 295. The Morgan fingerprint density at radius 3 is 3.25 bits per heavy atom. The van der Waals surface area contributed by atoms with Gasteiger partial charge in [0, 0.05) is 6.42 Å². The van der Waals surface area contributed by atoms with Gasteiger partial charge in [0.05, 0.1) is 12.2 Å². The van der Waals surface area contributed by atoms with E-state index in [1.807, 2.05) is 24.3 Å². The van der Waals surface area contributed by atoms with Crippen LogP contribution in [-0.4, -0.2) is 12.4 Å². The van der Waals surface area contributed by atoms with Gasteiger partial charge in [0.2, 0.25) is 0 Å². The molecule has 0 unspecified atom stereocenters. The second-order valence-electron chi connectivity index (χ2n) is 2.83. The average molecular weight is 162 g/mol. The van der Waals surface area contributed by atoms with E-state index in [-0.39, 0.29) is 5.78 Å². The van der Waals surface area contributed by atoms with Gasteiger partial charge in [0.1, 0.15) is 5.76 Å². The lowest BCUT2D eigenvalue weighted by molar-refractivity contribution is -0.117. The van der Waals surface area contributed by atoms with Crippen LogP contribution in [-0.2, 0) is 9.53 Å². The lowest BCUT2D eigenvalue weighted by Crippen LogP contribution is -2.16. The molecule has 2 heteroatoms. The van der Waals surface area contributed by atoms with Crippen molar-refractivity contribution in [2.24, 2.45) is 0 Å². The highest BCUT2D eigenvalue weighted by atomic mass is 16.5. The van der Waals surface area contributed by atoms with Gasteiger partial charge in [-0.15, -0.1) is 0 Å². The first-order valence-electron chi connectivity index (χ1n) is 4.11. The summed E-state index contributed by atoms with van der Waals surface area (Å²) < 4.78 is 5.36. The van der Waals surface area contributed by atoms with E-state index in [1.54, 1.807) is 0 Å². The third kappa shape index (κ3) is 1.20. The fraction of sp³-hybridized carbons (Fsp3) is 0.300. The topological polar surface area (TPSA) is 26.3 Å². The van der Waals surface area contributed by atoms with E-state index >= 15 is 0 Å². The smallest absolute Gasteiger partial charge is 0.169 e. The van der Waals surface area contributed by atoms with E-state index in [4.69, 9.17) is 4.74 Å². The molecule has 0 amide bonds. The molecule has 2 aliphatic rings. The molecule has 0 aromatic rings. The molecule has 0 atom stereocenters. The van der Waals surface area contributed by atoms with Gasteiger partial charge in [-0.05, 0) is 18.6 Å². The van der Waals surface area contributed by atoms with Crippen LogP contribution in [0.25, 0.3) is 0 Å². The Kier molecular flexibility index (Phi) is 1.82. The van der Waals surface area contributed by atoms with Crippen molar-refractivity contribution in [1.82, 2.24) is 0 Å². The molecular formula is C10H10O2. The number of fused-ring (bicyclic) bond motifs is 1. The third-order valence-corrected chi connectivity index (χ3v) is 1.99. The highest BCUT2D eigenvalue weighted by molar-refractivity contribution is 6.00. The number of carbonyl (C=O) groups is 1. The van der Waals surface area contributed by atoms with Crippen LogP contribution < -0.4 is 0 Å². The summed E-state index contributed by atoms with van der Waals surface area (Å²) in [6.07, 6.45) is 9.06. The molecule has 1 heterocycles. The molecule has 2 nitrogen and oxygen atoms in total. The zero-order valence-electron chi connectivity index (χ0n) is 6.75. The molecule has 1 aliphatic heterocycles. The monoisotopic (exact) mass is 162 g/mol. The van der Waals surface area contributed by atoms with Crippen LogP contribution >= 0.6 is 0 Å². The summed E-state index contributed by atoms with van der Waals surface area (Å²) in [6, 6.07) is 0. The maximum atomic E-state index is 11.4. The summed E-state index contributed by atoms with van der Waals surface area (Å²) >= 11 is 0. The Labute approximate surface area is 71.2 Å². The lowest BCUT2D eigenvalue weighted by atomic mass is 10.0. The first-order chi connectivity index (χ1) is 5.88. The molecule has 0 aromatic heterocycles. The zero-order valence-corrected chi connectivity index (χ0v) is 6.75. The quantitative estimate of drug-likeness (QED) is 0.542. The number of allylic oxidation sites excluding steroid dienone is 5. The van der Waals surface area contributed by atoms with Crippen LogP contribution in [0.5, 0.6) is 0 Å². The molecule has 1 fully saturated rings. The molecule has 1 saturated heterocycles. The summed E-state index contributed by atoms with van der Waals surface area (Å²) in [6.45, 7) is 0.530. The second kappa shape index (κ2) is 2.97. The van der Waals surface area contributed by atoms with E-state index in [0.717, 1.165) is 17.8 Å². The second-order valence-corrected chi connectivity index (χ2v) is 2.83. The Morgan fingerprint density at radius 2 is 2.33 bits per heavy atom. The number of carbonyl (C=O) groups excluding carboxylic acids is 1. The van der Waals surface area contributed by atoms with Gasteiger partial charge in [-0.1, -0.05) is 12.2 Å². The van der Waals surface area contributed by atoms with Gasteiger partial charge in [0.15, 0.2) is 5.78 Å². The van der Waals surface area contributed by atoms with Crippen LogP contribution in [0.4, 0.5) is 0 Å². The number of ether oxygens (including phenoxy) is 1. The molecule has 0 spiro atoms. The number of hydrogen-bond donors (Lipinski definition) is 0. The maximum Gasteiger partial charge on any atom is 0.169 e. The van der Waals surface area contributed by atoms with Crippen LogP contribution in [0.3, 0.4) is 0 Å². The molecule has 2 rings (SSSR count). The standard InChI is InChI=1S/C10H10O2/c11-9-6-7-12-10-5-3-1-2-4-8(9)10/h1-2,4-5H,3,6-7H2. The van der Waals surface area contributed by atoms with E-state index in [2.05, 4.69) is 0 Å². The molecular weight excluding hydrogens is 152 g/mol. The Hall–Kier alpha value is -1.31. The minimum atomic E-state index is 0.194. The average Bonchev–Trinajstić information content (AvgIpc) is 2.30.